The minimum absolute atomic E-state index is 0.308. The zero-order valence-corrected chi connectivity index (χ0v) is 9.21. The fourth-order valence-corrected chi connectivity index (χ4v) is 1.97. The second-order valence-electron chi connectivity index (χ2n) is 4.67. The quantitative estimate of drug-likeness (QED) is 0.691. The van der Waals surface area contributed by atoms with E-state index in [2.05, 4.69) is 20.8 Å². The molecule has 2 unspecified atom stereocenters. The lowest BCUT2D eigenvalue weighted by atomic mass is 9.89. The van der Waals surface area contributed by atoms with Crippen molar-refractivity contribution in [2.75, 3.05) is 0 Å². The fraction of sp³-hybridized carbons (Fsp3) is 0.909. The molecule has 0 spiro atoms. The zero-order valence-electron chi connectivity index (χ0n) is 9.21. The van der Waals surface area contributed by atoms with Gasteiger partial charge in [0.05, 0.1) is 0 Å². The Bertz CT molecular complexity index is 152. The Morgan fingerprint density at radius 2 is 1.62 bits per heavy atom. The van der Waals surface area contributed by atoms with Crippen molar-refractivity contribution in [3.05, 3.63) is 0 Å². The number of hydrogen-bond acceptors (Lipinski definition) is 1. The first-order valence-electron chi connectivity index (χ1n) is 5.13. The van der Waals surface area contributed by atoms with Crippen LogP contribution in [0, 0.1) is 17.8 Å². The SMILES string of the molecule is CC(C)CC(C)CC(C)CC(=O)O. The van der Waals surface area contributed by atoms with Crippen molar-refractivity contribution < 1.29 is 9.90 Å². The van der Waals surface area contributed by atoms with Gasteiger partial charge in [0, 0.05) is 6.42 Å². The van der Waals surface area contributed by atoms with Crippen LogP contribution in [-0.2, 0) is 4.79 Å². The highest BCUT2D eigenvalue weighted by Crippen LogP contribution is 2.21. The van der Waals surface area contributed by atoms with Gasteiger partial charge in [-0.1, -0.05) is 27.7 Å². The van der Waals surface area contributed by atoms with Gasteiger partial charge in [0.25, 0.3) is 0 Å². The molecule has 0 aromatic carbocycles. The highest BCUT2D eigenvalue weighted by molar-refractivity contribution is 5.66. The second kappa shape index (κ2) is 6.01. The first-order chi connectivity index (χ1) is 5.91. The normalized spacial score (nSPS) is 15.8. The topological polar surface area (TPSA) is 37.3 Å². The molecule has 0 amide bonds. The average molecular weight is 186 g/mol. The van der Waals surface area contributed by atoms with Gasteiger partial charge in [-0.25, -0.2) is 0 Å². The average Bonchev–Trinajstić information content (AvgIpc) is 1.80. The second-order valence-corrected chi connectivity index (χ2v) is 4.67. The van der Waals surface area contributed by atoms with Gasteiger partial charge in [0.15, 0.2) is 0 Å². The summed E-state index contributed by atoms with van der Waals surface area (Å²) in [7, 11) is 0. The highest BCUT2D eigenvalue weighted by atomic mass is 16.4. The maximum absolute atomic E-state index is 10.4. The molecule has 2 heteroatoms. The molecule has 0 saturated heterocycles. The molecule has 0 rings (SSSR count). The van der Waals surface area contributed by atoms with E-state index in [1.54, 1.807) is 0 Å². The lowest BCUT2D eigenvalue weighted by Crippen LogP contribution is -2.10. The van der Waals surface area contributed by atoms with Gasteiger partial charge in [-0.3, -0.25) is 4.79 Å². The van der Waals surface area contributed by atoms with E-state index in [1.807, 2.05) is 6.92 Å². The Labute approximate surface area is 81.3 Å². The molecule has 0 aromatic rings. The van der Waals surface area contributed by atoms with Gasteiger partial charge >= 0.3 is 5.97 Å². The van der Waals surface area contributed by atoms with Crippen LogP contribution in [0.5, 0.6) is 0 Å². The first-order valence-corrected chi connectivity index (χ1v) is 5.13. The van der Waals surface area contributed by atoms with Crippen molar-refractivity contribution in [1.29, 1.82) is 0 Å². The molecule has 0 aliphatic heterocycles. The van der Waals surface area contributed by atoms with Crippen LogP contribution in [0.1, 0.15) is 47.0 Å². The minimum atomic E-state index is -0.677. The number of hydrogen-bond donors (Lipinski definition) is 1. The number of carboxylic acids is 1. The van der Waals surface area contributed by atoms with Crippen LogP contribution < -0.4 is 0 Å². The summed E-state index contributed by atoms with van der Waals surface area (Å²) in [5.74, 6) is 0.997. The van der Waals surface area contributed by atoms with Gasteiger partial charge < -0.3 is 5.11 Å². The van der Waals surface area contributed by atoms with E-state index in [1.165, 1.54) is 6.42 Å². The Hall–Kier alpha value is -0.530. The summed E-state index contributed by atoms with van der Waals surface area (Å²) < 4.78 is 0. The van der Waals surface area contributed by atoms with Crippen LogP contribution in [-0.4, -0.2) is 11.1 Å². The van der Waals surface area contributed by atoms with Crippen LogP contribution in [0.15, 0.2) is 0 Å². The van der Waals surface area contributed by atoms with Crippen LogP contribution >= 0.6 is 0 Å². The first kappa shape index (κ1) is 12.5. The van der Waals surface area contributed by atoms with Gasteiger partial charge in [-0.2, -0.15) is 0 Å². The smallest absolute Gasteiger partial charge is 0.303 e. The molecule has 0 saturated carbocycles. The molecule has 0 aromatic heterocycles. The van der Waals surface area contributed by atoms with Gasteiger partial charge in [-0.05, 0) is 30.6 Å². The largest absolute Gasteiger partial charge is 0.481 e. The molecule has 0 bridgehead atoms. The Morgan fingerprint density at radius 1 is 1.08 bits per heavy atom. The van der Waals surface area contributed by atoms with Crippen LogP contribution in [0.25, 0.3) is 0 Å². The maximum Gasteiger partial charge on any atom is 0.303 e. The Morgan fingerprint density at radius 3 is 2.00 bits per heavy atom. The van der Waals surface area contributed by atoms with E-state index >= 15 is 0 Å². The molecule has 78 valence electrons. The fourth-order valence-electron chi connectivity index (χ4n) is 1.97. The van der Waals surface area contributed by atoms with Gasteiger partial charge in [-0.15, -0.1) is 0 Å². The van der Waals surface area contributed by atoms with E-state index in [9.17, 15) is 4.79 Å². The molecule has 0 aliphatic rings. The third-order valence-corrected chi connectivity index (χ3v) is 2.20. The summed E-state index contributed by atoms with van der Waals surface area (Å²) in [6.07, 6.45) is 2.54. The number of rotatable bonds is 6. The standard InChI is InChI=1S/C11H22O2/c1-8(2)5-9(3)6-10(4)7-11(12)13/h8-10H,5-7H2,1-4H3,(H,12,13). The van der Waals surface area contributed by atoms with Crippen molar-refractivity contribution in [3.8, 4) is 0 Å². The number of aliphatic carboxylic acids is 1. The van der Waals surface area contributed by atoms with Crippen molar-refractivity contribution in [2.24, 2.45) is 17.8 Å². The number of carboxylic acid groups (broad SMARTS) is 1. The lowest BCUT2D eigenvalue weighted by Gasteiger charge is -2.17. The summed E-state index contributed by atoms with van der Waals surface area (Å²) in [5.41, 5.74) is 0. The van der Waals surface area contributed by atoms with Crippen LogP contribution in [0.2, 0.25) is 0 Å². The van der Waals surface area contributed by atoms with Crippen molar-refractivity contribution >= 4 is 5.97 Å². The molecule has 0 aliphatic carbocycles. The van der Waals surface area contributed by atoms with Gasteiger partial charge in [0.1, 0.15) is 0 Å². The summed E-state index contributed by atoms with van der Waals surface area (Å²) in [6, 6.07) is 0. The van der Waals surface area contributed by atoms with E-state index in [0.29, 0.717) is 24.2 Å². The highest BCUT2D eigenvalue weighted by Gasteiger charge is 2.12. The molecular formula is C11H22O2. The van der Waals surface area contributed by atoms with Crippen LogP contribution in [0.4, 0.5) is 0 Å². The molecule has 2 nitrogen and oxygen atoms in total. The molecule has 13 heavy (non-hydrogen) atoms. The summed E-state index contributed by atoms with van der Waals surface area (Å²) in [5, 5.41) is 8.58. The Balaban J connectivity index is 3.64. The van der Waals surface area contributed by atoms with Crippen molar-refractivity contribution in [3.63, 3.8) is 0 Å². The maximum atomic E-state index is 10.4. The zero-order chi connectivity index (χ0) is 10.4. The molecule has 0 fully saturated rings. The molecular weight excluding hydrogens is 164 g/mol. The van der Waals surface area contributed by atoms with E-state index in [0.717, 1.165) is 6.42 Å². The monoisotopic (exact) mass is 186 g/mol. The number of carbonyl (C=O) groups is 1. The van der Waals surface area contributed by atoms with E-state index in [-0.39, 0.29) is 0 Å². The Kier molecular flexibility index (Phi) is 5.76. The van der Waals surface area contributed by atoms with Crippen LogP contribution in [0.3, 0.4) is 0 Å². The van der Waals surface area contributed by atoms with E-state index in [4.69, 9.17) is 5.11 Å². The van der Waals surface area contributed by atoms with E-state index < -0.39 is 5.97 Å². The third-order valence-electron chi connectivity index (χ3n) is 2.20. The summed E-state index contributed by atoms with van der Waals surface area (Å²) in [6.45, 7) is 8.64. The van der Waals surface area contributed by atoms with Crippen molar-refractivity contribution in [2.45, 2.75) is 47.0 Å². The lowest BCUT2D eigenvalue weighted by molar-refractivity contribution is -0.138. The minimum Gasteiger partial charge on any atom is -0.481 e. The molecule has 0 heterocycles. The summed E-state index contributed by atoms with van der Waals surface area (Å²) >= 11 is 0. The molecule has 2 atom stereocenters. The summed E-state index contributed by atoms with van der Waals surface area (Å²) in [4.78, 5) is 10.4. The van der Waals surface area contributed by atoms with Crippen molar-refractivity contribution in [1.82, 2.24) is 0 Å². The molecule has 0 radical (unpaired) electrons. The van der Waals surface area contributed by atoms with Gasteiger partial charge in [0.2, 0.25) is 0 Å². The predicted octanol–water partition coefficient (Wildman–Crippen LogP) is 3.17. The third kappa shape index (κ3) is 7.82. The molecule has 1 N–H and O–H groups in total. The predicted molar refractivity (Wildman–Crippen MR) is 54.7 cm³/mol.